The van der Waals surface area contributed by atoms with Crippen LogP contribution in [0.2, 0.25) is 5.02 Å². The third-order valence-electron chi connectivity index (χ3n) is 1.95. The Kier molecular flexibility index (Phi) is 6.41. The quantitative estimate of drug-likeness (QED) is 0.894. The summed E-state index contributed by atoms with van der Waals surface area (Å²) in [5, 5.41) is 8.53. The summed E-state index contributed by atoms with van der Waals surface area (Å²) in [6.07, 6.45) is -5.27. The number of carbonyl (C=O) groups is 1. The second kappa shape index (κ2) is 6.83. The van der Waals surface area contributed by atoms with E-state index >= 15 is 0 Å². The molecule has 0 fully saturated rings. The van der Waals surface area contributed by atoms with E-state index in [1.54, 1.807) is 0 Å². The molecule has 3 N–H and O–H groups in total. The monoisotopic (exact) mass is 319 g/mol. The van der Waals surface area contributed by atoms with Crippen LogP contribution in [0.3, 0.4) is 0 Å². The smallest absolute Gasteiger partial charge is 0.481 e. The summed E-state index contributed by atoms with van der Waals surface area (Å²) in [7, 11) is 0. The van der Waals surface area contributed by atoms with Gasteiger partial charge in [-0.05, 0) is 23.8 Å². The molecule has 1 aromatic carbocycles. The van der Waals surface area contributed by atoms with Gasteiger partial charge >= 0.3 is 12.3 Å². The van der Waals surface area contributed by atoms with Crippen LogP contribution in [0, 0.1) is 0 Å². The van der Waals surface area contributed by atoms with Crippen molar-refractivity contribution in [2.75, 3.05) is 0 Å². The van der Waals surface area contributed by atoms with E-state index in [1.165, 1.54) is 6.07 Å². The van der Waals surface area contributed by atoms with Gasteiger partial charge in [-0.2, -0.15) is 0 Å². The van der Waals surface area contributed by atoms with Crippen molar-refractivity contribution in [3.63, 3.8) is 0 Å². The molecule has 0 saturated carbocycles. The fraction of sp³-hybridized carbons (Fsp3) is 0.300. The first-order valence-corrected chi connectivity index (χ1v) is 5.09. The summed E-state index contributed by atoms with van der Waals surface area (Å²) < 4.78 is 39.8. The molecule has 0 spiro atoms. The first-order chi connectivity index (χ1) is 8.17. The van der Waals surface area contributed by atoms with Crippen molar-refractivity contribution >= 4 is 30.0 Å². The van der Waals surface area contributed by atoms with Crippen molar-refractivity contribution < 1.29 is 27.8 Å². The summed E-state index contributed by atoms with van der Waals surface area (Å²) >= 11 is 5.61. The highest BCUT2D eigenvalue weighted by Gasteiger charge is 2.31. The molecule has 0 amide bonds. The van der Waals surface area contributed by atoms with Crippen molar-refractivity contribution in [1.82, 2.24) is 0 Å². The maximum atomic E-state index is 12.0. The van der Waals surface area contributed by atoms with Gasteiger partial charge in [0.1, 0.15) is 5.75 Å². The number of hydrogen-bond donors (Lipinski definition) is 2. The Morgan fingerprint density at radius 3 is 2.47 bits per heavy atom. The molecule has 0 saturated heterocycles. The molecule has 0 aromatic heterocycles. The Bertz CT molecular complexity index is 454. The van der Waals surface area contributed by atoms with Crippen molar-refractivity contribution in [3.05, 3.63) is 28.8 Å². The normalized spacial score (nSPS) is 12.5. The lowest BCUT2D eigenvalue weighted by molar-refractivity contribution is -0.274. The van der Waals surface area contributed by atoms with E-state index in [-0.39, 0.29) is 23.0 Å². The highest BCUT2D eigenvalue weighted by Crippen LogP contribution is 2.29. The van der Waals surface area contributed by atoms with E-state index in [0.717, 1.165) is 12.1 Å². The van der Waals surface area contributed by atoms with Gasteiger partial charge in [-0.1, -0.05) is 11.6 Å². The SMILES string of the molecule is Cl.NC(CC(=O)O)c1cc(Cl)cc(OC(F)(F)F)c1. The highest BCUT2D eigenvalue weighted by molar-refractivity contribution is 6.30. The van der Waals surface area contributed by atoms with Gasteiger partial charge in [0.25, 0.3) is 0 Å². The molecular weight excluding hydrogens is 310 g/mol. The van der Waals surface area contributed by atoms with Gasteiger partial charge < -0.3 is 15.6 Å². The third kappa shape index (κ3) is 6.51. The average Bonchev–Trinajstić information content (AvgIpc) is 2.12. The zero-order valence-corrected chi connectivity index (χ0v) is 10.9. The molecule has 0 aliphatic carbocycles. The number of aliphatic carboxylic acids is 1. The fourth-order valence-electron chi connectivity index (χ4n) is 1.30. The van der Waals surface area contributed by atoms with Crippen LogP contribution in [-0.4, -0.2) is 17.4 Å². The minimum absolute atomic E-state index is 0. The number of rotatable bonds is 4. The van der Waals surface area contributed by atoms with Gasteiger partial charge in [0.15, 0.2) is 0 Å². The molecule has 4 nitrogen and oxygen atoms in total. The Morgan fingerprint density at radius 2 is 2.00 bits per heavy atom. The van der Waals surface area contributed by atoms with Crippen molar-refractivity contribution in [2.24, 2.45) is 5.73 Å². The molecule has 1 aromatic rings. The zero-order chi connectivity index (χ0) is 13.9. The van der Waals surface area contributed by atoms with E-state index in [4.69, 9.17) is 22.4 Å². The maximum absolute atomic E-state index is 12.0. The maximum Gasteiger partial charge on any atom is 0.573 e. The molecule has 1 atom stereocenters. The summed E-state index contributed by atoms with van der Waals surface area (Å²) in [4.78, 5) is 10.5. The lowest BCUT2D eigenvalue weighted by Gasteiger charge is -2.14. The summed E-state index contributed by atoms with van der Waals surface area (Å²) in [6.45, 7) is 0. The summed E-state index contributed by atoms with van der Waals surface area (Å²) in [5.74, 6) is -1.70. The molecule has 9 heteroatoms. The Balaban J connectivity index is 0.00000324. The van der Waals surface area contributed by atoms with Crippen LogP contribution in [0.4, 0.5) is 13.2 Å². The number of ether oxygens (including phenoxy) is 1. The van der Waals surface area contributed by atoms with Crippen LogP contribution >= 0.6 is 24.0 Å². The van der Waals surface area contributed by atoms with E-state index in [0.29, 0.717) is 0 Å². The number of nitrogens with two attached hydrogens (primary N) is 1. The van der Waals surface area contributed by atoms with Crippen LogP contribution in [-0.2, 0) is 4.79 Å². The molecule has 0 aliphatic rings. The number of carboxylic acid groups (broad SMARTS) is 1. The van der Waals surface area contributed by atoms with E-state index < -0.39 is 30.5 Å². The molecule has 0 radical (unpaired) electrons. The molecule has 1 unspecified atom stereocenters. The standard InChI is InChI=1S/C10H9ClF3NO3.ClH/c11-6-1-5(8(15)4-9(16)17)2-7(3-6)18-10(12,13)14;/h1-3,8H,4,15H2,(H,16,17);1H. The predicted molar refractivity (Wildman–Crippen MR) is 64.6 cm³/mol. The topological polar surface area (TPSA) is 72.6 Å². The molecule has 0 bridgehead atoms. The first kappa shape index (κ1) is 17.8. The average molecular weight is 320 g/mol. The van der Waals surface area contributed by atoms with Gasteiger partial charge in [0.2, 0.25) is 0 Å². The van der Waals surface area contributed by atoms with Gasteiger partial charge in [0.05, 0.1) is 6.42 Å². The van der Waals surface area contributed by atoms with E-state index in [1.807, 2.05) is 0 Å². The summed E-state index contributed by atoms with van der Waals surface area (Å²) in [6, 6.07) is 2.30. The van der Waals surface area contributed by atoms with Crippen LogP contribution < -0.4 is 10.5 Å². The predicted octanol–water partition coefficient (Wildman–Crippen LogP) is 3.13. The van der Waals surface area contributed by atoms with Gasteiger partial charge in [-0.25, -0.2) is 0 Å². The highest BCUT2D eigenvalue weighted by atomic mass is 35.5. The molecule has 0 heterocycles. The van der Waals surface area contributed by atoms with Crippen LogP contribution in [0.1, 0.15) is 18.0 Å². The lowest BCUT2D eigenvalue weighted by atomic mass is 10.0. The number of benzene rings is 1. The van der Waals surface area contributed by atoms with Crippen LogP contribution in [0.25, 0.3) is 0 Å². The molecule has 19 heavy (non-hydrogen) atoms. The van der Waals surface area contributed by atoms with Gasteiger partial charge in [-0.15, -0.1) is 25.6 Å². The molecule has 108 valence electrons. The first-order valence-electron chi connectivity index (χ1n) is 4.71. The Morgan fingerprint density at radius 1 is 1.42 bits per heavy atom. The number of hydrogen-bond acceptors (Lipinski definition) is 3. The van der Waals surface area contributed by atoms with E-state index in [2.05, 4.69) is 4.74 Å². The number of halogens is 5. The Labute approximate surface area is 117 Å². The van der Waals surface area contributed by atoms with Crippen molar-refractivity contribution in [1.29, 1.82) is 0 Å². The molecule has 0 aliphatic heterocycles. The van der Waals surface area contributed by atoms with Crippen molar-refractivity contribution in [3.8, 4) is 5.75 Å². The van der Waals surface area contributed by atoms with Crippen LogP contribution in [0.15, 0.2) is 18.2 Å². The molecule has 1 rings (SSSR count). The Hall–Kier alpha value is -1.18. The second-order valence-corrected chi connectivity index (χ2v) is 3.91. The van der Waals surface area contributed by atoms with Crippen LogP contribution in [0.5, 0.6) is 5.75 Å². The lowest BCUT2D eigenvalue weighted by Crippen LogP contribution is -2.18. The van der Waals surface area contributed by atoms with E-state index in [9.17, 15) is 18.0 Å². The number of carboxylic acids is 1. The fourth-order valence-corrected chi connectivity index (χ4v) is 1.53. The van der Waals surface area contributed by atoms with Gasteiger partial charge in [-0.3, -0.25) is 4.79 Å². The second-order valence-electron chi connectivity index (χ2n) is 3.47. The minimum atomic E-state index is -4.85. The summed E-state index contributed by atoms with van der Waals surface area (Å²) in [5.41, 5.74) is 5.68. The van der Waals surface area contributed by atoms with Gasteiger partial charge in [0, 0.05) is 11.1 Å². The minimum Gasteiger partial charge on any atom is -0.481 e. The number of alkyl halides is 3. The largest absolute Gasteiger partial charge is 0.573 e. The zero-order valence-electron chi connectivity index (χ0n) is 9.28. The van der Waals surface area contributed by atoms with Crippen molar-refractivity contribution in [2.45, 2.75) is 18.8 Å². The molecular formula is C10H10Cl2F3NO3. The third-order valence-corrected chi connectivity index (χ3v) is 2.17.